The molecule has 2 N–H and O–H groups in total. The summed E-state index contributed by atoms with van der Waals surface area (Å²) in [7, 11) is 0. The Morgan fingerprint density at radius 3 is 2.57 bits per heavy atom. The lowest BCUT2D eigenvalue weighted by atomic mass is 10.00. The van der Waals surface area contributed by atoms with E-state index in [4.69, 9.17) is 5.11 Å². The fourth-order valence-corrected chi connectivity index (χ4v) is 2.80. The zero-order valence-electron chi connectivity index (χ0n) is 12.1. The van der Waals surface area contributed by atoms with Crippen LogP contribution in [0, 0.1) is 5.92 Å². The van der Waals surface area contributed by atoms with Crippen molar-refractivity contribution in [2.24, 2.45) is 5.92 Å². The van der Waals surface area contributed by atoms with Crippen LogP contribution in [0.3, 0.4) is 0 Å². The van der Waals surface area contributed by atoms with Crippen LogP contribution < -0.4 is 5.32 Å². The van der Waals surface area contributed by atoms with Crippen molar-refractivity contribution in [3.8, 4) is 0 Å². The van der Waals surface area contributed by atoms with Gasteiger partial charge in [0.2, 0.25) is 5.91 Å². The van der Waals surface area contributed by atoms with E-state index in [9.17, 15) is 22.8 Å². The topological polar surface area (TPSA) is 66.4 Å². The Bertz CT molecular complexity index is 588. The van der Waals surface area contributed by atoms with Crippen LogP contribution >= 0.6 is 11.8 Å². The molecule has 0 spiro atoms. The van der Waals surface area contributed by atoms with E-state index in [0.29, 0.717) is 5.56 Å². The van der Waals surface area contributed by atoms with Gasteiger partial charge in [-0.05, 0) is 36.5 Å². The van der Waals surface area contributed by atoms with Crippen molar-refractivity contribution in [3.63, 3.8) is 0 Å². The Balaban J connectivity index is 2.04. The van der Waals surface area contributed by atoms with Crippen LogP contribution in [0.2, 0.25) is 0 Å². The van der Waals surface area contributed by atoms with Gasteiger partial charge in [-0.3, -0.25) is 9.59 Å². The van der Waals surface area contributed by atoms with E-state index in [1.54, 1.807) is 6.07 Å². The van der Waals surface area contributed by atoms with E-state index in [0.717, 1.165) is 36.7 Å². The van der Waals surface area contributed by atoms with E-state index in [1.165, 1.54) is 6.07 Å². The maximum atomic E-state index is 12.8. The zero-order valence-corrected chi connectivity index (χ0v) is 12.9. The van der Waals surface area contributed by atoms with Crippen LogP contribution in [0.4, 0.5) is 13.2 Å². The molecule has 1 amide bonds. The third kappa shape index (κ3) is 5.46. The first kappa shape index (κ1) is 17.7. The highest BCUT2D eigenvalue weighted by molar-refractivity contribution is 8.00. The average molecular weight is 347 g/mol. The van der Waals surface area contributed by atoms with Crippen LogP contribution in [0.5, 0.6) is 0 Å². The minimum atomic E-state index is -4.43. The molecule has 126 valence electrons. The van der Waals surface area contributed by atoms with Gasteiger partial charge in [0, 0.05) is 0 Å². The van der Waals surface area contributed by atoms with Gasteiger partial charge in [-0.15, -0.1) is 11.8 Å². The van der Waals surface area contributed by atoms with Gasteiger partial charge in [0.15, 0.2) is 0 Å². The number of hydrogen-bond acceptors (Lipinski definition) is 3. The molecule has 0 heterocycles. The number of benzene rings is 1. The molecular weight excluding hydrogens is 331 g/mol. The zero-order chi connectivity index (χ0) is 17.0. The minimum Gasteiger partial charge on any atom is -0.481 e. The van der Waals surface area contributed by atoms with Gasteiger partial charge in [0.05, 0.1) is 23.1 Å². The highest BCUT2D eigenvalue weighted by atomic mass is 32.2. The van der Waals surface area contributed by atoms with E-state index in [1.807, 2.05) is 0 Å². The van der Waals surface area contributed by atoms with Crippen molar-refractivity contribution in [3.05, 3.63) is 35.4 Å². The summed E-state index contributed by atoms with van der Waals surface area (Å²) in [5, 5.41) is 11.3. The number of hydrogen-bond donors (Lipinski definition) is 2. The van der Waals surface area contributed by atoms with Crippen LogP contribution in [0.15, 0.2) is 24.3 Å². The van der Waals surface area contributed by atoms with Gasteiger partial charge in [-0.25, -0.2) is 0 Å². The maximum absolute atomic E-state index is 12.8. The van der Waals surface area contributed by atoms with Gasteiger partial charge in [-0.1, -0.05) is 12.1 Å². The molecule has 1 fully saturated rings. The highest BCUT2D eigenvalue weighted by Crippen LogP contribution is 2.42. The second-order valence-electron chi connectivity index (χ2n) is 5.39. The van der Waals surface area contributed by atoms with E-state index >= 15 is 0 Å². The molecule has 1 aromatic rings. The predicted octanol–water partition coefficient (Wildman–Crippen LogP) is 3.09. The predicted molar refractivity (Wildman–Crippen MR) is 80.0 cm³/mol. The van der Waals surface area contributed by atoms with E-state index in [2.05, 4.69) is 5.32 Å². The Kier molecular flexibility index (Phi) is 5.56. The fraction of sp³-hybridized carbons (Fsp3) is 0.467. The number of carboxylic acids is 1. The van der Waals surface area contributed by atoms with Crippen molar-refractivity contribution in [1.29, 1.82) is 0 Å². The van der Waals surface area contributed by atoms with E-state index < -0.39 is 23.8 Å². The summed E-state index contributed by atoms with van der Waals surface area (Å²) in [6.45, 7) is 0. The summed E-state index contributed by atoms with van der Waals surface area (Å²) in [4.78, 5) is 22.3. The van der Waals surface area contributed by atoms with Crippen LogP contribution in [0.1, 0.15) is 30.0 Å². The lowest BCUT2D eigenvalue weighted by Gasteiger charge is -2.20. The lowest BCUT2D eigenvalue weighted by Crippen LogP contribution is -2.31. The van der Waals surface area contributed by atoms with Gasteiger partial charge in [-0.2, -0.15) is 13.2 Å². The number of alkyl halides is 3. The standard InChI is InChI=1S/C15H16F3NO3S/c16-15(17,18)11-3-1-2-10(6-11)14(9-4-5-9)19-12(20)7-23-8-13(21)22/h1-3,6,9,14H,4-5,7-8H2,(H,19,20)(H,21,22). The number of carbonyl (C=O) groups excluding carboxylic acids is 1. The van der Waals surface area contributed by atoms with Crippen LogP contribution in [-0.4, -0.2) is 28.5 Å². The Morgan fingerprint density at radius 1 is 1.30 bits per heavy atom. The van der Waals surface area contributed by atoms with Crippen molar-refractivity contribution < 1.29 is 27.9 Å². The molecule has 1 atom stereocenters. The van der Waals surface area contributed by atoms with Gasteiger partial charge in [0.1, 0.15) is 0 Å². The Labute approximate surface area is 135 Å². The number of carboxylic acid groups (broad SMARTS) is 1. The normalized spacial score (nSPS) is 16.0. The van der Waals surface area contributed by atoms with Gasteiger partial charge < -0.3 is 10.4 Å². The molecule has 4 nitrogen and oxygen atoms in total. The maximum Gasteiger partial charge on any atom is 0.416 e. The molecule has 1 aliphatic carbocycles. The van der Waals surface area contributed by atoms with Crippen molar-refractivity contribution in [2.75, 3.05) is 11.5 Å². The number of rotatable bonds is 7. The Morgan fingerprint density at radius 2 is 2.00 bits per heavy atom. The fourth-order valence-electron chi connectivity index (χ4n) is 2.26. The second kappa shape index (κ2) is 7.25. The summed E-state index contributed by atoms with van der Waals surface area (Å²) < 4.78 is 38.4. The molecule has 1 aliphatic rings. The summed E-state index contributed by atoms with van der Waals surface area (Å²) >= 11 is 0.955. The third-order valence-electron chi connectivity index (χ3n) is 3.44. The number of carbonyl (C=O) groups is 2. The molecule has 8 heteroatoms. The first-order valence-corrected chi connectivity index (χ1v) is 8.19. The highest BCUT2D eigenvalue weighted by Gasteiger charge is 2.36. The molecule has 1 aromatic carbocycles. The smallest absolute Gasteiger partial charge is 0.416 e. The molecule has 0 saturated heterocycles. The Hall–Kier alpha value is -1.70. The first-order valence-electron chi connectivity index (χ1n) is 7.03. The third-order valence-corrected chi connectivity index (χ3v) is 4.36. The molecule has 0 aromatic heterocycles. The summed E-state index contributed by atoms with van der Waals surface area (Å²) in [6, 6.07) is 4.50. The molecule has 1 saturated carbocycles. The van der Waals surface area contributed by atoms with Gasteiger partial charge in [0.25, 0.3) is 0 Å². The number of amides is 1. The lowest BCUT2D eigenvalue weighted by molar-refractivity contribution is -0.137. The second-order valence-corrected chi connectivity index (χ2v) is 6.38. The minimum absolute atomic E-state index is 0.0333. The molecule has 23 heavy (non-hydrogen) atoms. The van der Waals surface area contributed by atoms with Crippen molar-refractivity contribution >= 4 is 23.6 Å². The molecule has 0 bridgehead atoms. The number of nitrogens with one attached hydrogen (secondary N) is 1. The molecule has 0 radical (unpaired) electrons. The summed E-state index contributed by atoms with van der Waals surface area (Å²) in [6.07, 6.45) is -2.72. The molecular formula is C15H16F3NO3S. The SMILES string of the molecule is O=C(O)CSCC(=O)NC(c1cccc(C(F)(F)F)c1)C1CC1. The quantitative estimate of drug-likeness (QED) is 0.795. The monoisotopic (exact) mass is 347 g/mol. The summed E-state index contributed by atoms with van der Waals surface area (Å²) in [5.41, 5.74) is -0.311. The van der Waals surface area contributed by atoms with E-state index in [-0.39, 0.29) is 23.3 Å². The van der Waals surface area contributed by atoms with Crippen LogP contribution in [0.25, 0.3) is 0 Å². The van der Waals surface area contributed by atoms with Crippen molar-refractivity contribution in [2.45, 2.75) is 25.1 Å². The number of aliphatic carboxylic acids is 1. The largest absolute Gasteiger partial charge is 0.481 e. The van der Waals surface area contributed by atoms with Gasteiger partial charge >= 0.3 is 12.1 Å². The summed E-state index contributed by atoms with van der Waals surface area (Å²) in [5.74, 6) is -1.48. The number of halogens is 3. The molecule has 0 aliphatic heterocycles. The first-order chi connectivity index (χ1) is 10.8. The van der Waals surface area contributed by atoms with Crippen LogP contribution in [-0.2, 0) is 15.8 Å². The number of thioether (sulfide) groups is 1. The molecule has 1 unspecified atom stereocenters. The van der Waals surface area contributed by atoms with Crippen molar-refractivity contribution in [1.82, 2.24) is 5.32 Å². The average Bonchev–Trinajstić information content (AvgIpc) is 3.28. The molecule has 2 rings (SSSR count).